The van der Waals surface area contributed by atoms with Gasteiger partial charge in [-0.25, -0.2) is 4.98 Å². The Labute approximate surface area is 119 Å². The Morgan fingerprint density at radius 3 is 2.76 bits per heavy atom. The fourth-order valence-electron chi connectivity index (χ4n) is 2.15. The molecule has 102 valence electrons. The number of rotatable bonds is 3. The zero-order valence-electron chi connectivity index (χ0n) is 11.0. The van der Waals surface area contributed by atoms with Crippen LogP contribution < -0.4 is 0 Å². The maximum atomic E-state index is 5.62. The number of H-pyrrole nitrogens is 1. The van der Waals surface area contributed by atoms with Crippen LogP contribution in [0, 0.1) is 0 Å². The first-order valence-electron chi connectivity index (χ1n) is 6.56. The number of imidazole rings is 1. The zero-order valence-corrected chi connectivity index (χ0v) is 11.0. The second-order valence-electron chi connectivity index (χ2n) is 4.59. The summed E-state index contributed by atoms with van der Waals surface area (Å²) in [6.07, 6.45) is 2.16. The van der Waals surface area contributed by atoms with Crippen molar-refractivity contribution >= 4 is 11.0 Å². The number of nitrogens with one attached hydrogen (secondary N) is 1. The Morgan fingerprint density at radius 2 is 1.90 bits per heavy atom. The molecule has 0 aliphatic carbocycles. The summed E-state index contributed by atoms with van der Waals surface area (Å²) in [5.74, 6) is 1.73. The minimum atomic E-state index is 0.418. The fraction of sp³-hybridized carbons (Fsp3) is 0.0667. The predicted molar refractivity (Wildman–Crippen MR) is 76.4 cm³/mol. The number of hydrogen-bond acceptors (Lipinski definition) is 5. The lowest BCUT2D eigenvalue weighted by molar-refractivity contribution is 0.513. The van der Waals surface area contributed by atoms with Gasteiger partial charge in [0, 0.05) is 6.20 Å². The first-order chi connectivity index (χ1) is 10.4. The van der Waals surface area contributed by atoms with Gasteiger partial charge in [0.05, 0.1) is 17.5 Å². The van der Waals surface area contributed by atoms with Gasteiger partial charge in [-0.15, -0.1) is 10.2 Å². The molecule has 0 aliphatic rings. The van der Waals surface area contributed by atoms with Gasteiger partial charge in [0.15, 0.2) is 0 Å². The van der Waals surface area contributed by atoms with E-state index in [2.05, 4.69) is 25.1 Å². The van der Waals surface area contributed by atoms with Gasteiger partial charge >= 0.3 is 0 Å². The number of nitrogens with zero attached hydrogens (tertiary/aromatic N) is 4. The Morgan fingerprint density at radius 1 is 1.00 bits per heavy atom. The Bertz CT molecular complexity index is 848. The van der Waals surface area contributed by atoms with Crippen LogP contribution in [0.4, 0.5) is 0 Å². The smallest absolute Gasteiger partial charge is 0.266 e. The third-order valence-corrected chi connectivity index (χ3v) is 3.11. The van der Waals surface area contributed by atoms with Crippen LogP contribution in [0.2, 0.25) is 0 Å². The van der Waals surface area contributed by atoms with Crippen molar-refractivity contribution < 1.29 is 4.42 Å². The molecule has 0 unspecified atom stereocenters. The molecule has 0 aliphatic heterocycles. The van der Waals surface area contributed by atoms with Crippen LogP contribution >= 0.6 is 0 Å². The van der Waals surface area contributed by atoms with Gasteiger partial charge in [0.1, 0.15) is 11.5 Å². The van der Waals surface area contributed by atoms with Crippen LogP contribution in [-0.2, 0) is 6.42 Å². The predicted octanol–water partition coefficient (Wildman–Crippen LogP) is 2.60. The lowest BCUT2D eigenvalue weighted by Crippen LogP contribution is -1.90. The van der Waals surface area contributed by atoms with E-state index in [-0.39, 0.29) is 0 Å². The third kappa shape index (κ3) is 2.27. The topological polar surface area (TPSA) is 80.5 Å². The molecular formula is C15H11N5O. The van der Waals surface area contributed by atoms with Crippen molar-refractivity contribution in [2.24, 2.45) is 0 Å². The molecule has 0 bridgehead atoms. The highest BCUT2D eigenvalue weighted by Gasteiger charge is 2.11. The molecule has 3 aromatic heterocycles. The van der Waals surface area contributed by atoms with E-state index in [1.807, 2.05) is 42.5 Å². The van der Waals surface area contributed by atoms with E-state index >= 15 is 0 Å². The second kappa shape index (κ2) is 4.82. The highest BCUT2D eigenvalue weighted by molar-refractivity contribution is 5.74. The van der Waals surface area contributed by atoms with Crippen LogP contribution in [0.15, 0.2) is 53.1 Å². The van der Waals surface area contributed by atoms with Crippen LogP contribution in [0.3, 0.4) is 0 Å². The van der Waals surface area contributed by atoms with E-state index in [4.69, 9.17) is 4.42 Å². The van der Waals surface area contributed by atoms with Crippen molar-refractivity contribution in [3.8, 4) is 11.6 Å². The molecule has 0 fully saturated rings. The summed E-state index contributed by atoms with van der Waals surface area (Å²) in [6.45, 7) is 0. The number of fused-ring (bicyclic) bond motifs is 1. The van der Waals surface area contributed by atoms with Gasteiger partial charge in [-0.1, -0.05) is 18.2 Å². The lowest BCUT2D eigenvalue weighted by Gasteiger charge is -1.91. The number of aromatic amines is 1. The summed E-state index contributed by atoms with van der Waals surface area (Å²) in [4.78, 5) is 11.9. The van der Waals surface area contributed by atoms with Gasteiger partial charge < -0.3 is 9.40 Å². The maximum absolute atomic E-state index is 5.62. The molecule has 3 heterocycles. The molecule has 1 N–H and O–H groups in total. The van der Waals surface area contributed by atoms with Crippen molar-refractivity contribution in [1.29, 1.82) is 0 Å². The van der Waals surface area contributed by atoms with Gasteiger partial charge in [-0.2, -0.15) is 0 Å². The van der Waals surface area contributed by atoms with E-state index in [0.29, 0.717) is 23.9 Å². The summed E-state index contributed by atoms with van der Waals surface area (Å²) < 4.78 is 5.62. The third-order valence-electron chi connectivity index (χ3n) is 3.11. The van der Waals surface area contributed by atoms with Crippen molar-refractivity contribution in [2.45, 2.75) is 6.42 Å². The number of benzene rings is 1. The van der Waals surface area contributed by atoms with Gasteiger partial charge in [-0.05, 0) is 24.3 Å². The Hall–Kier alpha value is -3.02. The normalized spacial score (nSPS) is 11.0. The number of hydrogen-bond donors (Lipinski definition) is 1. The molecule has 4 rings (SSSR count). The quantitative estimate of drug-likeness (QED) is 0.622. The first-order valence-corrected chi connectivity index (χ1v) is 6.56. The highest BCUT2D eigenvalue weighted by Crippen LogP contribution is 2.17. The lowest BCUT2D eigenvalue weighted by atomic mass is 10.3. The summed E-state index contributed by atoms with van der Waals surface area (Å²) in [5.41, 5.74) is 2.59. The average Bonchev–Trinajstić information content (AvgIpc) is 3.14. The highest BCUT2D eigenvalue weighted by atomic mass is 16.4. The molecule has 6 nitrogen and oxygen atoms in total. The molecule has 0 amide bonds. The molecular weight excluding hydrogens is 266 g/mol. The summed E-state index contributed by atoms with van der Waals surface area (Å²) in [6, 6.07) is 13.4. The number of para-hydroxylation sites is 2. The monoisotopic (exact) mass is 277 g/mol. The van der Waals surface area contributed by atoms with Crippen LogP contribution in [-0.4, -0.2) is 25.1 Å². The standard InChI is InChI=1S/C15H11N5O/c1-2-6-11-10(5-1)17-13(18-11)9-14-19-20-15(21-14)12-7-3-4-8-16-12/h1-8H,9H2,(H,17,18). The van der Waals surface area contributed by atoms with Crippen LogP contribution in [0.1, 0.15) is 11.7 Å². The van der Waals surface area contributed by atoms with Gasteiger partial charge in [0.25, 0.3) is 5.89 Å². The molecule has 0 spiro atoms. The second-order valence-corrected chi connectivity index (χ2v) is 4.59. The average molecular weight is 277 g/mol. The zero-order chi connectivity index (χ0) is 14.1. The Balaban J connectivity index is 1.61. The summed E-state index contributed by atoms with van der Waals surface area (Å²) in [7, 11) is 0. The molecule has 0 atom stereocenters. The molecule has 6 heteroatoms. The largest absolute Gasteiger partial charge is 0.419 e. The summed E-state index contributed by atoms with van der Waals surface area (Å²) in [5, 5.41) is 8.06. The van der Waals surface area contributed by atoms with E-state index in [1.54, 1.807) is 6.20 Å². The number of pyridine rings is 1. The SMILES string of the molecule is c1ccc(-c2nnc(Cc3nc4ccccc4[nH]3)o2)nc1. The number of aromatic nitrogens is 5. The minimum Gasteiger partial charge on any atom is -0.419 e. The first kappa shape index (κ1) is 11.8. The van der Waals surface area contributed by atoms with E-state index in [1.165, 1.54) is 0 Å². The molecule has 0 saturated heterocycles. The maximum Gasteiger partial charge on any atom is 0.266 e. The fourth-order valence-corrected chi connectivity index (χ4v) is 2.15. The van der Waals surface area contributed by atoms with Crippen molar-refractivity contribution in [2.75, 3.05) is 0 Å². The van der Waals surface area contributed by atoms with Crippen molar-refractivity contribution in [3.63, 3.8) is 0 Å². The van der Waals surface area contributed by atoms with E-state index in [9.17, 15) is 0 Å². The molecule has 4 aromatic rings. The Kier molecular flexibility index (Phi) is 2.71. The van der Waals surface area contributed by atoms with E-state index in [0.717, 1.165) is 16.9 Å². The van der Waals surface area contributed by atoms with Gasteiger partial charge in [0.2, 0.25) is 5.89 Å². The van der Waals surface area contributed by atoms with E-state index < -0.39 is 0 Å². The summed E-state index contributed by atoms with van der Waals surface area (Å²) >= 11 is 0. The van der Waals surface area contributed by atoms with Crippen molar-refractivity contribution in [1.82, 2.24) is 25.1 Å². The van der Waals surface area contributed by atoms with Crippen LogP contribution in [0.5, 0.6) is 0 Å². The molecule has 0 saturated carbocycles. The molecule has 1 aromatic carbocycles. The molecule has 21 heavy (non-hydrogen) atoms. The van der Waals surface area contributed by atoms with Crippen LogP contribution in [0.25, 0.3) is 22.6 Å². The van der Waals surface area contributed by atoms with Crippen molar-refractivity contribution in [3.05, 3.63) is 60.4 Å². The molecule has 0 radical (unpaired) electrons. The van der Waals surface area contributed by atoms with Gasteiger partial charge in [-0.3, -0.25) is 4.98 Å². The minimum absolute atomic E-state index is 0.418.